The molecule has 0 unspecified atom stereocenters. The van der Waals surface area contributed by atoms with Gasteiger partial charge in [-0.05, 0) is 62.2 Å². The monoisotopic (exact) mass is 206 g/mol. The average Bonchev–Trinajstić information content (AvgIpc) is 2.82. The molecule has 0 amide bonds. The molecule has 86 valence electrons. The summed E-state index contributed by atoms with van der Waals surface area (Å²) in [6.45, 7) is 0. The summed E-state index contributed by atoms with van der Waals surface area (Å²) >= 11 is 0. The van der Waals surface area contributed by atoms with Crippen molar-refractivity contribution in [1.29, 1.82) is 0 Å². The van der Waals surface area contributed by atoms with E-state index in [1.807, 2.05) is 0 Å². The van der Waals surface area contributed by atoms with Crippen LogP contribution in [-0.2, 0) is 0 Å². The lowest BCUT2D eigenvalue weighted by Crippen LogP contribution is -2.35. The van der Waals surface area contributed by atoms with E-state index in [1.54, 1.807) is 51.4 Å². The molecule has 0 bridgehead atoms. The van der Waals surface area contributed by atoms with Crippen LogP contribution < -0.4 is 0 Å². The van der Waals surface area contributed by atoms with Gasteiger partial charge in [0, 0.05) is 0 Å². The molecule has 0 nitrogen and oxygen atoms in total. The molecule has 0 radical (unpaired) electrons. The van der Waals surface area contributed by atoms with E-state index in [0.717, 1.165) is 10.8 Å². The zero-order valence-corrected chi connectivity index (χ0v) is 10.2. The van der Waals surface area contributed by atoms with Gasteiger partial charge in [0.25, 0.3) is 0 Å². The fourth-order valence-corrected chi connectivity index (χ4v) is 3.83. The lowest BCUT2D eigenvalue weighted by molar-refractivity contribution is 0.0314. The number of rotatable bonds is 0. The summed E-state index contributed by atoms with van der Waals surface area (Å²) in [4.78, 5) is 0. The lowest BCUT2D eigenvalue weighted by Gasteiger charge is -2.49. The van der Waals surface area contributed by atoms with Crippen molar-refractivity contribution in [3.05, 3.63) is 0 Å². The van der Waals surface area contributed by atoms with Gasteiger partial charge < -0.3 is 0 Å². The molecule has 0 heteroatoms. The maximum Gasteiger partial charge on any atom is -0.0297 e. The van der Waals surface area contributed by atoms with Crippen LogP contribution in [0, 0.1) is 10.8 Å². The standard InChI is InChI=1S/C8H14.C7H12/c1-2-4-8(5-3-1)6-7-8;1-3-7(4-1)5-2-6-7/h1-7H2;1-6H2. The summed E-state index contributed by atoms with van der Waals surface area (Å²) in [5, 5.41) is 0. The smallest absolute Gasteiger partial charge is 0.0297 e. The molecule has 2 spiro atoms. The van der Waals surface area contributed by atoms with Crippen molar-refractivity contribution < 1.29 is 0 Å². The fraction of sp³-hybridized carbons (Fsp3) is 1.00. The maximum absolute atomic E-state index is 1.56. The fourth-order valence-electron chi connectivity index (χ4n) is 3.83. The zero-order chi connectivity index (χ0) is 10.2. The van der Waals surface area contributed by atoms with Crippen LogP contribution in [0.3, 0.4) is 0 Å². The Morgan fingerprint density at radius 2 is 0.733 bits per heavy atom. The van der Waals surface area contributed by atoms with E-state index < -0.39 is 0 Å². The van der Waals surface area contributed by atoms with E-state index in [4.69, 9.17) is 0 Å². The molecule has 4 aliphatic carbocycles. The molecule has 0 heterocycles. The highest BCUT2D eigenvalue weighted by atomic mass is 14.5. The summed E-state index contributed by atoms with van der Waals surface area (Å²) in [5.74, 6) is 0. The minimum absolute atomic E-state index is 0.929. The van der Waals surface area contributed by atoms with Crippen molar-refractivity contribution in [2.24, 2.45) is 10.8 Å². The first-order chi connectivity index (χ1) is 7.33. The van der Waals surface area contributed by atoms with Gasteiger partial charge in [-0.3, -0.25) is 0 Å². The van der Waals surface area contributed by atoms with Gasteiger partial charge in [0.2, 0.25) is 0 Å². The van der Waals surface area contributed by atoms with Crippen LogP contribution in [0.15, 0.2) is 0 Å². The third kappa shape index (κ3) is 2.10. The second kappa shape index (κ2) is 3.79. The highest BCUT2D eigenvalue weighted by Gasteiger charge is 2.42. The Kier molecular flexibility index (Phi) is 2.57. The van der Waals surface area contributed by atoms with Gasteiger partial charge >= 0.3 is 0 Å². The Morgan fingerprint density at radius 3 is 0.933 bits per heavy atom. The molecular formula is C15H26. The van der Waals surface area contributed by atoms with Gasteiger partial charge in [-0.25, -0.2) is 0 Å². The van der Waals surface area contributed by atoms with E-state index in [1.165, 1.54) is 32.1 Å². The lowest BCUT2D eigenvalue weighted by atomic mass is 9.56. The van der Waals surface area contributed by atoms with Crippen molar-refractivity contribution in [3.8, 4) is 0 Å². The van der Waals surface area contributed by atoms with Crippen LogP contribution in [0.2, 0.25) is 0 Å². The third-order valence-corrected chi connectivity index (χ3v) is 5.70. The Hall–Kier alpha value is 0. The van der Waals surface area contributed by atoms with Crippen molar-refractivity contribution in [2.45, 2.75) is 83.5 Å². The van der Waals surface area contributed by atoms with Crippen LogP contribution in [0.5, 0.6) is 0 Å². The van der Waals surface area contributed by atoms with Crippen LogP contribution in [0.1, 0.15) is 83.5 Å². The molecule has 0 saturated heterocycles. The number of hydrogen-bond acceptors (Lipinski definition) is 0. The largest absolute Gasteiger partial charge is 0.0533 e. The van der Waals surface area contributed by atoms with Crippen molar-refractivity contribution in [3.63, 3.8) is 0 Å². The van der Waals surface area contributed by atoms with E-state index in [-0.39, 0.29) is 0 Å². The molecular weight excluding hydrogens is 180 g/mol. The molecule has 0 aliphatic heterocycles. The molecule has 0 aromatic rings. The molecule has 0 N–H and O–H groups in total. The molecule has 4 aliphatic rings. The van der Waals surface area contributed by atoms with Crippen LogP contribution in [-0.4, -0.2) is 0 Å². The van der Waals surface area contributed by atoms with Gasteiger partial charge in [0.1, 0.15) is 0 Å². The first kappa shape index (κ1) is 10.2. The summed E-state index contributed by atoms with van der Waals surface area (Å²) in [6, 6.07) is 0. The van der Waals surface area contributed by atoms with Gasteiger partial charge in [0.05, 0.1) is 0 Å². The normalized spacial score (nSPS) is 33.6. The van der Waals surface area contributed by atoms with Crippen molar-refractivity contribution in [1.82, 2.24) is 0 Å². The van der Waals surface area contributed by atoms with Gasteiger partial charge in [-0.1, -0.05) is 32.1 Å². The van der Waals surface area contributed by atoms with Crippen molar-refractivity contribution >= 4 is 0 Å². The predicted octanol–water partition coefficient (Wildman–Crippen LogP) is 5.07. The first-order valence-electron chi connectivity index (χ1n) is 7.33. The number of hydrogen-bond donors (Lipinski definition) is 0. The van der Waals surface area contributed by atoms with Crippen molar-refractivity contribution in [2.75, 3.05) is 0 Å². The molecule has 0 atom stereocenters. The second-order valence-electron chi connectivity index (χ2n) is 6.77. The predicted molar refractivity (Wildman–Crippen MR) is 64.9 cm³/mol. The second-order valence-corrected chi connectivity index (χ2v) is 6.77. The molecule has 4 rings (SSSR count). The first-order valence-corrected chi connectivity index (χ1v) is 7.33. The highest BCUT2D eigenvalue weighted by Crippen LogP contribution is 2.56. The summed E-state index contributed by atoms with van der Waals surface area (Å²) in [5.41, 5.74) is 1.87. The highest BCUT2D eigenvalue weighted by molar-refractivity contribution is 4.94. The molecule has 15 heavy (non-hydrogen) atoms. The zero-order valence-electron chi connectivity index (χ0n) is 10.2. The average molecular weight is 206 g/mol. The van der Waals surface area contributed by atoms with E-state index >= 15 is 0 Å². The van der Waals surface area contributed by atoms with Gasteiger partial charge in [-0.2, -0.15) is 0 Å². The van der Waals surface area contributed by atoms with Crippen LogP contribution in [0.4, 0.5) is 0 Å². The molecule has 4 saturated carbocycles. The Bertz CT molecular complexity index is 193. The quantitative estimate of drug-likeness (QED) is 0.519. The van der Waals surface area contributed by atoms with E-state index in [9.17, 15) is 0 Å². The summed E-state index contributed by atoms with van der Waals surface area (Å²) in [7, 11) is 0. The van der Waals surface area contributed by atoms with Gasteiger partial charge in [0.15, 0.2) is 0 Å². The summed E-state index contributed by atoms with van der Waals surface area (Å²) < 4.78 is 0. The van der Waals surface area contributed by atoms with Gasteiger partial charge in [-0.15, -0.1) is 0 Å². The Balaban J connectivity index is 0.0000000971. The minimum atomic E-state index is 0.929. The topological polar surface area (TPSA) is 0 Å². The molecule has 0 aromatic heterocycles. The Labute approximate surface area is 94.8 Å². The van der Waals surface area contributed by atoms with E-state index in [0.29, 0.717) is 0 Å². The third-order valence-electron chi connectivity index (χ3n) is 5.70. The van der Waals surface area contributed by atoms with Crippen LogP contribution >= 0.6 is 0 Å². The van der Waals surface area contributed by atoms with E-state index in [2.05, 4.69) is 0 Å². The Morgan fingerprint density at radius 1 is 0.333 bits per heavy atom. The minimum Gasteiger partial charge on any atom is -0.0533 e. The molecule has 4 fully saturated rings. The molecule has 0 aromatic carbocycles. The maximum atomic E-state index is 1.56. The SMILES string of the molecule is C1CC2(C1)CCC2.C1CCC2(CC1)CC2. The van der Waals surface area contributed by atoms with Crippen LogP contribution in [0.25, 0.3) is 0 Å². The summed E-state index contributed by atoms with van der Waals surface area (Å²) in [6.07, 6.45) is 20.1.